The highest BCUT2D eigenvalue weighted by Gasteiger charge is 2.10. The Kier molecular flexibility index (Phi) is 3.85. The summed E-state index contributed by atoms with van der Waals surface area (Å²) in [6, 6.07) is 17.7. The number of halogens is 1. The number of nitrogens with zero attached hydrogens (tertiary/aromatic N) is 4. The first-order valence-electron chi connectivity index (χ1n) is 7.96. The van der Waals surface area contributed by atoms with Gasteiger partial charge in [0.05, 0.1) is 5.69 Å². The normalized spacial score (nSPS) is 11.1. The lowest BCUT2D eigenvalue weighted by Gasteiger charge is -2.04. The highest BCUT2D eigenvalue weighted by molar-refractivity contribution is 5.65. The molecule has 0 aliphatic heterocycles. The maximum Gasteiger partial charge on any atom is 0.292 e. The summed E-state index contributed by atoms with van der Waals surface area (Å²) in [5.41, 5.74) is 2.76. The smallest absolute Gasteiger partial charge is 0.265 e. The number of hydrogen-bond donors (Lipinski definition) is 0. The van der Waals surface area contributed by atoms with Crippen LogP contribution in [0.1, 0.15) is 5.56 Å². The average molecular weight is 334 g/mol. The lowest BCUT2D eigenvalue weighted by atomic mass is 10.1. The van der Waals surface area contributed by atoms with Crippen LogP contribution in [0.15, 0.2) is 71.8 Å². The van der Waals surface area contributed by atoms with Crippen molar-refractivity contribution < 1.29 is 4.39 Å². The molecule has 2 heterocycles. The number of benzene rings is 2. The molecule has 4 aromatic rings. The van der Waals surface area contributed by atoms with E-state index in [9.17, 15) is 9.18 Å². The van der Waals surface area contributed by atoms with E-state index in [1.165, 1.54) is 27.7 Å². The fourth-order valence-electron chi connectivity index (χ4n) is 2.74. The summed E-state index contributed by atoms with van der Waals surface area (Å²) in [6.07, 6.45) is 2.25. The highest BCUT2D eigenvalue weighted by atomic mass is 19.1. The molecule has 0 fully saturated rings. The van der Waals surface area contributed by atoms with Crippen LogP contribution in [-0.4, -0.2) is 19.4 Å². The third kappa shape index (κ3) is 3.06. The molecule has 0 radical (unpaired) electrons. The third-order valence-corrected chi connectivity index (χ3v) is 4.08. The Morgan fingerprint density at radius 3 is 2.52 bits per heavy atom. The highest BCUT2D eigenvalue weighted by Crippen LogP contribution is 2.18. The van der Waals surface area contributed by atoms with Gasteiger partial charge in [-0.05, 0) is 42.3 Å². The molecule has 25 heavy (non-hydrogen) atoms. The second kappa shape index (κ2) is 6.32. The second-order valence-electron chi connectivity index (χ2n) is 5.76. The lowest BCUT2D eigenvalue weighted by molar-refractivity contribution is 0.566. The Bertz CT molecular complexity index is 1070. The van der Waals surface area contributed by atoms with Crippen molar-refractivity contribution in [1.82, 2.24) is 19.4 Å². The molecule has 0 N–H and O–H groups in total. The van der Waals surface area contributed by atoms with Crippen LogP contribution in [0.3, 0.4) is 0 Å². The molecular formula is C19H15FN4O. The molecule has 4 rings (SSSR count). The fourth-order valence-corrected chi connectivity index (χ4v) is 2.74. The van der Waals surface area contributed by atoms with E-state index in [2.05, 4.69) is 10.2 Å². The lowest BCUT2D eigenvalue weighted by Crippen LogP contribution is -2.25. The number of aromatic nitrogens is 4. The Balaban J connectivity index is 1.66. The van der Waals surface area contributed by atoms with Crippen LogP contribution in [-0.2, 0) is 13.0 Å². The van der Waals surface area contributed by atoms with Crippen LogP contribution in [0.2, 0.25) is 0 Å². The van der Waals surface area contributed by atoms with Gasteiger partial charge in [-0.2, -0.15) is 10.2 Å². The summed E-state index contributed by atoms with van der Waals surface area (Å²) in [5, 5.41) is 8.54. The summed E-state index contributed by atoms with van der Waals surface area (Å²) >= 11 is 0. The molecule has 124 valence electrons. The minimum absolute atomic E-state index is 0.195. The number of fused-ring (bicyclic) bond motifs is 1. The molecule has 0 saturated carbocycles. The van der Waals surface area contributed by atoms with Gasteiger partial charge in [-0.15, -0.1) is 0 Å². The first kappa shape index (κ1) is 15.3. The molecule has 6 heteroatoms. The standard InChI is InChI=1S/C19H15FN4O/c20-16-8-6-15(7-9-16)17-12-18-19(25)23(21-13-24(18)22-17)11-10-14-4-2-1-3-5-14/h1-9,12-13H,10-11H2. The molecule has 0 saturated heterocycles. The van der Waals surface area contributed by atoms with Crippen molar-refractivity contribution in [1.29, 1.82) is 0 Å². The van der Waals surface area contributed by atoms with Crippen molar-refractivity contribution in [2.75, 3.05) is 0 Å². The summed E-state index contributed by atoms with van der Waals surface area (Å²) < 4.78 is 16.0. The van der Waals surface area contributed by atoms with Gasteiger partial charge in [0.15, 0.2) is 0 Å². The number of aryl methyl sites for hydroxylation is 2. The zero-order valence-corrected chi connectivity index (χ0v) is 13.3. The van der Waals surface area contributed by atoms with Crippen molar-refractivity contribution in [3.63, 3.8) is 0 Å². The number of rotatable bonds is 4. The van der Waals surface area contributed by atoms with E-state index in [1.54, 1.807) is 18.2 Å². The van der Waals surface area contributed by atoms with Crippen molar-refractivity contribution in [2.24, 2.45) is 0 Å². The Labute approximate surface area is 143 Å². The third-order valence-electron chi connectivity index (χ3n) is 4.08. The van der Waals surface area contributed by atoms with Gasteiger partial charge in [0.2, 0.25) is 0 Å². The van der Waals surface area contributed by atoms with Crippen molar-refractivity contribution >= 4 is 5.52 Å². The van der Waals surface area contributed by atoms with Crippen molar-refractivity contribution in [3.8, 4) is 11.3 Å². The van der Waals surface area contributed by atoms with Crippen LogP contribution in [0.5, 0.6) is 0 Å². The molecule has 0 aliphatic carbocycles. The minimum atomic E-state index is -0.308. The Morgan fingerprint density at radius 1 is 1.00 bits per heavy atom. The van der Waals surface area contributed by atoms with Crippen LogP contribution in [0.25, 0.3) is 16.8 Å². The van der Waals surface area contributed by atoms with Crippen LogP contribution in [0.4, 0.5) is 4.39 Å². The molecule has 5 nitrogen and oxygen atoms in total. The SMILES string of the molecule is O=c1c2cc(-c3ccc(F)cc3)nn2cnn1CCc1ccccc1. The van der Waals surface area contributed by atoms with Crippen molar-refractivity contribution in [2.45, 2.75) is 13.0 Å². The predicted molar refractivity (Wildman–Crippen MR) is 92.8 cm³/mol. The first-order chi connectivity index (χ1) is 12.2. The van der Waals surface area contributed by atoms with E-state index < -0.39 is 0 Å². The maximum atomic E-state index is 13.1. The van der Waals surface area contributed by atoms with E-state index in [4.69, 9.17) is 0 Å². The topological polar surface area (TPSA) is 52.2 Å². The van der Waals surface area contributed by atoms with E-state index >= 15 is 0 Å². The summed E-state index contributed by atoms with van der Waals surface area (Å²) in [4.78, 5) is 12.6. The Hall–Kier alpha value is -3.28. The molecule has 0 aliphatic rings. The summed E-state index contributed by atoms with van der Waals surface area (Å²) in [7, 11) is 0. The molecule has 0 amide bonds. The first-order valence-corrected chi connectivity index (χ1v) is 7.96. The molecule has 0 spiro atoms. The maximum absolute atomic E-state index is 13.1. The second-order valence-corrected chi connectivity index (χ2v) is 5.76. The quantitative estimate of drug-likeness (QED) is 0.577. The van der Waals surface area contributed by atoms with Gasteiger partial charge in [0, 0.05) is 12.1 Å². The summed E-state index contributed by atoms with van der Waals surface area (Å²) in [6.45, 7) is 0.496. The molecule has 0 atom stereocenters. The van der Waals surface area contributed by atoms with E-state index in [1.807, 2.05) is 30.3 Å². The number of hydrogen-bond acceptors (Lipinski definition) is 3. The molecule has 0 bridgehead atoms. The van der Waals surface area contributed by atoms with Crippen LogP contribution >= 0.6 is 0 Å². The predicted octanol–water partition coefficient (Wildman–Crippen LogP) is 2.94. The fraction of sp³-hybridized carbons (Fsp3) is 0.105. The average Bonchev–Trinajstić information content (AvgIpc) is 3.08. The molecule has 0 unspecified atom stereocenters. The molecule has 2 aromatic heterocycles. The van der Waals surface area contributed by atoms with Gasteiger partial charge < -0.3 is 0 Å². The Morgan fingerprint density at radius 2 is 1.76 bits per heavy atom. The van der Waals surface area contributed by atoms with Gasteiger partial charge in [-0.25, -0.2) is 13.6 Å². The van der Waals surface area contributed by atoms with Gasteiger partial charge >= 0.3 is 0 Å². The van der Waals surface area contributed by atoms with Crippen LogP contribution in [0, 0.1) is 5.82 Å². The van der Waals surface area contributed by atoms with E-state index in [-0.39, 0.29) is 11.4 Å². The zero-order valence-electron chi connectivity index (χ0n) is 13.3. The van der Waals surface area contributed by atoms with Gasteiger partial charge in [0.25, 0.3) is 5.56 Å². The monoisotopic (exact) mass is 334 g/mol. The van der Waals surface area contributed by atoms with E-state index in [0.29, 0.717) is 17.8 Å². The minimum Gasteiger partial charge on any atom is -0.265 e. The van der Waals surface area contributed by atoms with E-state index in [0.717, 1.165) is 17.5 Å². The van der Waals surface area contributed by atoms with Gasteiger partial charge in [-0.1, -0.05) is 30.3 Å². The summed E-state index contributed by atoms with van der Waals surface area (Å²) in [5.74, 6) is -0.308. The molecular weight excluding hydrogens is 319 g/mol. The van der Waals surface area contributed by atoms with Crippen molar-refractivity contribution in [3.05, 3.63) is 88.7 Å². The molecule has 2 aromatic carbocycles. The van der Waals surface area contributed by atoms with Gasteiger partial charge in [0.1, 0.15) is 17.7 Å². The zero-order chi connectivity index (χ0) is 17.2. The largest absolute Gasteiger partial charge is 0.292 e. The van der Waals surface area contributed by atoms with Gasteiger partial charge in [-0.3, -0.25) is 4.79 Å². The van der Waals surface area contributed by atoms with Crippen LogP contribution < -0.4 is 5.56 Å².